The van der Waals surface area contributed by atoms with Crippen LogP contribution >= 0.6 is 31.9 Å². The van der Waals surface area contributed by atoms with Crippen molar-refractivity contribution >= 4 is 77.6 Å². The molecule has 1 amide bonds. The van der Waals surface area contributed by atoms with Crippen LogP contribution in [0.4, 0.5) is 39.8 Å². The first-order chi connectivity index (χ1) is 50.9. The summed E-state index contributed by atoms with van der Waals surface area (Å²) >= 11 is 6.81. The van der Waals surface area contributed by atoms with E-state index in [2.05, 4.69) is 263 Å². The lowest BCUT2D eigenvalue weighted by molar-refractivity contribution is -0.385. The second-order valence-electron chi connectivity index (χ2n) is 26.3. The molecule has 0 fully saturated rings. The molecular weight excluding hydrogens is 1430 g/mol. The van der Waals surface area contributed by atoms with E-state index in [0.717, 1.165) is 129 Å². The number of nitrogens with one attached hydrogen (secondary N) is 1. The van der Waals surface area contributed by atoms with E-state index in [1.54, 1.807) is 31.2 Å². The van der Waals surface area contributed by atoms with E-state index < -0.39 is 0 Å². The summed E-state index contributed by atoms with van der Waals surface area (Å²) < 4.78 is 2.18. The van der Waals surface area contributed by atoms with Gasteiger partial charge in [-0.2, -0.15) is 0 Å². The molecule has 0 radical (unpaired) electrons. The van der Waals surface area contributed by atoms with Gasteiger partial charge in [-0.1, -0.05) is 220 Å². The van der Waals surface area contributed by atoms with Crippen LogP contribution < -0.4 is 30.7 Å². The first-order valence-electron chi connectivity index (χ1n) is 37.4. The van der Waals surface area contributed by atoms with Crippen molar-refractivity contribution in [1.29, 1.82) is 0 Å². The molecule has 10 aromatic carbocycles. The summed E-state index contributed by atoms with van der Waals surface area (Å²) in [5.41, 5.74) is 24.5. The second kappa shape index (κ2) is 47.7. The molecule has 10 aromatic rings. The topological polar surface area (TPSA) is 154 Å². The van der Waals surface area contributed by atoms with Gasteiger partial charge in [0.1, 0.15) is 0 Å². The molecule has 0 heterocycles. The minimum Gasteiger partial charge on any atom is -0.399 e. The Labute approximate surface area is 643 Å². The van der Waals surface area contributed by atoms with E-state index in [4.69, 9.17) is 5.73 Å². The standard InChI is InChI=1S/C26H39N3O.C19H24N2O2.C19H26N2.C13H10BrNO2.C13H11Br/c1-5-17-28(18-6-2)25-12-8-23(9-13-25)21-24-10-14-26(15-11-24)29(19-7-3)20-16-27-22(4)30;1-3-13-20(14-4-2)18-9-5-16(6-10-18)15-17-7-11-19(12-8-17)21(22)23;1-3-13-21(14-4-2)19-11-7-17(8-12-19)15-16-5-9-18(20)10-6-16;14-12-5-1-10(2-6-12)9-11-3-7-13(8-4-11)15(16)17;14-13-8-6-12(7-9-13)10-11-4-2-1-3-5-11/h8-15H,5-7,16-21H2,1-4H3,(H,27,30);5-12H,3-4,13-15H2,1-2H3;5-12H,3-4,13-15,20H2,1-2H3;1-8H,9H2;1-9H,10H2. The number of nitrogens with zero attached hydrogens (tertiary/aromatic N) is 6. The van der Waals surface area contributed by atoms with Gasteiger partial charge in [-0.3, -0.25) is 25.0 Å². The Morgan fingerprint density at radius 2 is 0.533 bits per heavy atom. The maximum Gasteiger partial charge on any atom is 0.269 e. The van der Waals surface area contributed by atoms with Crippen LogP contribution in [0.2, 0.25) is 0 Å². The number of halogens is 2. The second-order valence-corrected chi connectivity index (χ2v) is 28.1. The zero-order valence-electron chi connectivity index (χ0n) is 63.1. The van der Waals surface area contributed by atoms with Gasteiger partial charge in [0.25, 0.3) is 11.4 Å². The molecule has 0 aliphatic carbocycles. The molecule has 0 aliphatic heterocycles. The summed E-state index contributed by atoms with van der Waals surface area (Å²) in [5, 5.41) is 24.1. The number of nitrogen functional groups attached to an aromatic ring is 1. The minimum absolute atomic E-state index is 0.0281. The van der Waals surface area contributed by atoms with Crippen LogP contribution in [-0.2, 0) is 36.9 Å². The lowest BCUT2D eigenvalue weighted by Crippen LogP contribution is -2.34. The van der Waals surface area contributed by atoms with E-state index in [9.17, 15) is 25.0 Å². The van der Waals surface area contributed by atoms with Crippen molar-refractivity contribution < 1.29 is 14.6 Å². The number of hydrogen-bond acceptors (Lipinski definition) is 10. The molecule has 0 bridgehead atoms. The number of nitro groups is 2. The Morgan fingerprint density at radius 1 is 0.324 bits per heavy atom. The van der Waals surface area contributed by atoms with Gasteiger partial charge in [-0.25, -0.2) is 0 Å². The summed E-state index contributed by atoms with van der Waals surface area (Å²) in [6, 6.07) is 84.1. The fourth-order valence-corrected chi connectivity index (χ4v) is 12.6. The molecule has 10 rings (SSSR count). The van der Waals surface area contributed by atoms with E-state index in [1.807, 2.05) is 54.6 Å². The summed E-state index contributed by atoms with van der Waals surface area (Å²) in [6.07, 6.45) is 12.6. The van der Waals surface area contributed by atoms with Gasteiger partial charge in [0.05, 0.1) is 9.85 Å². The molecule has 15 heteroatoms. The summed E-state index contributed by atoms with van der Waals surface area (Å²) in [4.78, 5) is 41.3. The van der Waals surface area contributed by atoms with Crippen molar-refractivity contribution in [3.8, 4) is 0 Å². The monoisotopic (exact) mass is 1540 g/mol. The van der Waals surface area contributed by atoms with Crippen molar-refractivity contribution in [3.63, 3.8) is 0 Å². The molecule has 554 valence electrons. The van der Waals surface area contributed by atoms with Crippen molar-refractivity contribution in [3.05, 3.63) is 334 Å². The number of carbonyl (C=O) groups is 1. The predicted molar refractivity (Wildman–Crippen MR) is 451 cm³/mol. The first-order valence-corrected chi connectivity index (χ1v) is 39.0. The summed E-state index contributed by atoms with van der Waals surface area (Å²) in [5.74, 6) is 0.0281. The van der Waals surface area contributed by atoms with Gasteiger partial charge >= 0.3 is 0 Å². The average Bonchev–Trinajstić information content (AvgIpc) is 0.760. The number of benzene rings is 10. The fraction of sp³-hybridized carbons (Fsp3) is 0.322. The third-order valence-corrected chi connectivity index (χ3v) is 18.5. The molecule has 0 aliphatic rings. The third-order valence-electron chi connectivity index (χ3n) is 17.4. The Kier molecular flexibility index (Phi) is 38.3. The number of nitrogens with two attached hydrogens (primary N) is 1. The smallest absolute Gasteiger partial charge is 0.269 e. The van der Waals surface area contributed by atoms with Crippen LogP contribution in [0, 0.1) is 20.2 Å². The van der Waals surface area contributed by atoms with Gasteiger partial charge in [-0.05, 0) is 218 Å². The number of rotatable bonds is 33. The Bertz CT molecular complexity index is 4020. The molecule has 0 saturated heterocycles. The summed E-state index contributed by atoms with van der Waals surface area (Å²) in [6.45, 7) is 26.3. The number of anilines is 5. The molecule has 0 unspecified atom stereocenters. The highest BCUT2D eigenvalue weighted by Gasteiger charge is 2.12. The van der Waals surface area contributed by atoms with E-state index in [1.165, 1.54) is 105 Å². The predicted octanol–water partition coefficient (Wildman–Crippen LogP) is 22.5. The van der Waals surface area contributed by atoms with Gasteiger partial charge in [0.2, 0.25) is 5.91 Å². The highest BCUT2D eigenvalue weighted by atomic mass is 79.9. The van der Waals surface area contributed by atoms with Gasteiger partial charge in [-0.15, -0.1) is 0 Å². The highest BCUT2D eigenvalue weighted by Crippen LogP contribution is 2.25. The quantitative estimate of drug-likeness (QED) is 0.0231. The van der Waals surface area contributed by atoms with Gasteiger partial charge in [0.15, 0.2) is 0 Å². The molecule has 3 N–H and O–H groups in total. The van der Waals surface area contributed by atoms with E-state index in [0.29, 0.717) is 6.54 Å². The molecule has 0 atom stereocenters. The number of carbonyl (C=O) groups excluding carboxylic acids is 1. The Balaban J connectivity index is 0.000000210. The Morgan fingerprint density at radius 3 is 0.762 bits per heavy atom. The van der Waals surface area contributed by atoms with Crippen LogP contribution in [0.5, 0.6) is 0 Å². The zero-order chi connectivity index (χ0) is 75.6. The molecule has 105 heavy (non-hydrogen) atoms. The molecular formula is C90H110Br2N8O5. The molecule has 13 nitrogen and oxygen atoms in total. The van der Waals surface area contributed by atoms with Crippen molar-refractivity contribution in [1.82, 2.24) is 5.32 Å². The largest absolute Gasteiger partial charge is 0.399 e. The Hall–Kier alpha value is -9.57. The molecule has 0 aromatic heterocycles. The maximum atomic E-state index is 11.1. The number of hydrogen-bond donors (Lipinski definition) is 2. The van der Waals surface area contributed by atoms with Crippen LogP contribution in [0.1, 0.15) is 156 Å². The van der Waals surface area contributed by atoms with Crippen molar-refractivity contribution in [2.75, 3.05) is 84.2 Å². The maximum absolute atomic E-state index is 11.1. The molecule has 0 saturated carbocycles. The average molecular weight is 1540 g/mol. The SMILES string of the molecule is Brc1ccc(Cc2ccccc2)cc1.CCCN(CCC)c1ccc(Cc2ccc(N(CCC)CCNC(C)=O)cc2)cc1.CCCN(CCC)c1ccc(Cc2ccc(N)cc2)cc1.CCCN(CCC)c1ccc(Cc2ccc([N+](=O)[O-])cc2)cc1.O=[N+]([O-])c1ccc(Cc2ccc(Br)cc2)cc1. The van der Waals surface area contributed by atoms with Crippen molar-refractivity contribution in [2.24, 2.45) is 0 Å². The summed E-state index contributed by atoms with van der Waals surface area (Å²) in [7, 11) is 0. The van der Waals surface area contributed by atoms with E-state index in [-0.39, 0.29) is 27.1 Å². The molecule has 0 spiro atoms. The van der Waals surface area contributed by atoms with Gasteiger partial charge in [0, 0.05) is 127 Å². The van der Waals surface area contributed by atoms with Crippen LogP contribution in [0.15, 0.2) is 258 Å². The van der Waals surface area contributed by atoms with Crippen LogP contribution in [0.3, 0.4) is 0 Å². The van der Waals surface area contributed by atoms with Crippen LogP contribution in [-0.4, -0.2) is 74.7 Å². The number of non-ortho nitro benzene ring substituents is 2. The lowest BCUT2D eigenvalue weighted by Gasteiger charge is -2.25. The highest BCUT2D eigenvalue weighted by molar-refractivity contribution is 9.10. The zero-order valence-corrected chi connectivity index (χ0v) is 66.3. The minimum atomic E-state index is -0.386. The lowest BCUT2D eigenvalue weighted by atomic mass is 10.0. The van der Waals surface area contributed by atoms with Crippen LogP contribution in [0.25, 0.3) is 0 Å². The fourth-order valence-electron chi connectivity index (χ4n) is 12.1. The van der Waals surface area contributed by atoms with E-state index >= 15 is 0 Å². The number of amides is 1. The number of nitro benzene ring substituents is 2. The first kappa shape index (κ1) is 84.4. The normalized spacial score (nSPS) is 10.5. The van der Waals surface area contributed by atoms with Crippen molar-refractivity contribution in [2.45, 2.75) is 132 Å². The third kappa shape index (κ3) is 31.7. The van der Waals surface area contributed by atoms with Gasteiger partial charge < -0.3 is 30.7 Å².